The monoisotopic (exact) mass is 388 g/mol. The molecule has 1 N–H and O–H groups in total. The van der Waals surface area contributed by atoms with Crippen LogP contribution >= 0.6 is 0 Å². The van der Waals surface area contributed by atoms with Crippen LogP contribution in [0, 0.1) is 11.3 Å². The number of unbranched alkanes of at least 4 members (excludes halogenated alkanes) is 1. The fourth-order valence-electron chi connectivity index (χ4n) is 2.17. The molecule has 0 spiro atoms. The first-order valence-electron chi connectivity index (χ1n) is 8.34. The highest BCUT2D eigenvalue weighted by Gasteiger charge is 2.14. The standard InChI is InChI=1S/C19H20N2O5S/c1-3-4-11-25-19(22)15(13-20)12-16-7-10-18(26-16)14-5-8-17(9-6-14)27(23,24)21-2/h5-10,12,21H,3-4,11H2,1-2H3/b15-12+. The van der Waals surface area contributed by atoms with Crippen LogP contribution in [0.15, 0.2) is 51.3 Å². The normalized spacial score (nSPS) is 11.8. The van der Waals surface area contributed by atoms with E-state index in [1.807, 2.05) is 13.0 Å². The van der Waals surface area contributed by atoms with Crippen molar-refractivity contribution in [3.05, 3.63) is 47.7 Å². The van der Waals surface area contributed by atoms with Crippen LogP contribution in [0.2, 0.25) is 0 Å². The Morgan fingerprint density at radius 1 is 1.26 bits per heavy atom. The zero-order valence-corrected chi connectivity index (χ0v) is 15.9. The van der Waals surface area contributed by atoms with Gasteiger partial charge in [0, 0.05) is 11.6 Å². The minimum absolute atomic E-state index is 0.141. The maximum absolute atomic E-state index is 11.9. The summed E-state index contributed by atoms with van der Waals surface area (Å²) in [4.78, 5) is 12.0. The fourth-order valence-corrected chi connectivity index (χ4v) is 2.90. The van der Waals surface area contributed by atoms with E-state index in [2.05, 4.69) is 4.72 Å². The number of hydrogen-bond donors (Lipinski definition) is 1. The third-order valence-corrected chi connectivity index (χ3v) is 5.13. The van der Waals surface area contributed by atoms with Crippen LogP contribution in [0.1, 0.15) is 25.5 Å². The Morgan fingerprint density at radius 2 is 1.96 bits per heavy atom. The Hall–Kier alpha value is -2.89. The molecule has 0 aliphatic rings. The van der Waals surface area contributed by atoms with E-state index in [0.29, 0.717) is 17.1 Å². The highest BCUT2D eigenvalue weighted by atomic mass is 32.2. The van der Waals surface area contributed by atoms with Crippen molar-refractivity contribution in [1.29, 1.82) is 5.26 Å². The molecule has 0 saturated heterocycles. The zero-order valence-electron chi connectivity index (χ0n) is 15.1. The molecule has 0 fully saturated rings. The van der Waals surface area contributed by atoms with Crippen LogP contribution in [-0.4, -0.2) is 28.0 Å². The molecule has 0 aliphatic carbocycles. The summed E-state index contributed by atoms with van der Waals surface area (Å²) in [6.07, 6.45) is 2.93. The number of benzene rings is 1. The van der Waals surface area contributed by atoms with Gasteiger partial charge in [-0.25, -0.2) is 17.9 Å². The van der Waals surface area contributed by atoms with E-state index in [4.69, 9.17) is 14.4 Å². The van der Waals surface area contributed by atoms with Crippen LogP contribution in [-0.2, 0) is 19.6 Å². The number of esters is 1. The van der Waals surface area contributed by atoms with Crippen LogP contribution in [0.3, 0.4) is 0 Å². The summed E-state index contributed by atoms with van der Waals surface area (Å²) in [5.41, 5.74) is 0.510. The lowest BCUT2D eigenvalue weighted by Gasteiger charge is -2.03. The second kappa shape index (κ2) is 9.16. The van der Waals surface area contributed by atoms with Crippen LogP contribution in [0.5, 0.6) is 0 Å². The second-order valence-corrected chi connectivity index (χ2v) is 7.48. The zero-order chi connectivity index (χ0) is 19.9. The van der Waals surface area contributed by atoms with Gasteiger partial charge in [-0.2, -0.15) is 5.26 Å². The predicted molar refractivity (Wildman–Crippen MR) is 99.8 cm³/mol. The van der Waals surface area contributed by atoms with Crippen molar-refractivity contribution in [3.8, 4) is 17.4 Å². The van der Waals surface area contributed by atoms with E-state index in [1.165, 1.54) is 25.3 Å². The number of nitrogens with zero attached hydrogens (tertiary/aromatic N) is 1. The van der Waals surface area contributed by atoms with Crippen LogP contribution in [0.25, 0.3) is 17.4 Å². The first-order valence-corrected chi connectivity index (χ1v) is 9.82. The summed E-state index contributed by atoms with van der Waals surface area (Å²) < 4.78 is 36.4. The van der Waals surface area contributed by atoms with Gasteiger partial charge in [-0.05, 0) is 49.9 Å². The van der Waals surface area contributed by atoms with Crippen molar-refractivity contribution in [2.45, 2.75) is 24.7 Å². The fraction of sp³-hybridized carbons (Fsp3) is 0.263. The number of nitrogens with one attached hydrogen (secondary N) is 1. The van der Waals surface area contributed by atoms with Gasteiger partial charge in [-0.15, -0.1) is 0 Å². The molecule has 0 amide bonds. The molecule has 142 valence electrons. The summed E-state index contributed by atoms with van der Waals surface area (Å²) in [5.74, 6) is 0.109. The van der Waals surface area contributed by atoms with E-state index >= 15 is 0 Å². The van der Waals surface area contributed by atoms with E-state index < -0.39 is 16.0 Å². The molecule has 1 heterocycles. The second-order valence-electron chi connectivity index (χ2n) is 5.59. The van der Waals surface area contributed by atoms with Gasteiger partial charge in [0.2, 0.25) is 10.0 Å². The van der Waals surface area contributed by atoms with Gasteiger partial charge in [0.05, 0.1) is 11.5 Å². The molecule has 0 bridgehead atoms. The Balaban J connectivity index is 2.18. The smallest absolute Gasteiger partial charge is 0.349 e. The minimum Gasteiger partial charge on any atom is -0.462 e. The Kier molecular flexibility index (Phi) is 6.93. The third kappa shape index (κ3) is 5.29. The molecule has 2 aromatic rings. The molecule has 0 unspecified atom stereocenters. The van der Waals surface area contributed by atoms with Gasteiger partial charge in [-0.3, -0.25) is 0 Å². The number of hydrogen-bond acceptors (Lipinski definition) is 6. The van der Waals surface area contributed by atoms with Crippen molar-refractivity contribution in [3.63, 3.8) is 0 Å². The van der Waals surface area contributed by atoms with Crippen molar-refractivity contribution in [2.24, 2.45) is 0 Å². The lowest BCUT2D eigenvalue weighted by atomic mass is 10.2. The third-order valence-electron chi connectivity index (χ3n) is 3.70. The number of nitriles is 1. The number of ether oxygens (including phenoxy) is 1. The highest BCUT2D eigenvalue weighted by Crippen LogP contribution is 2.25. The van der Waals surface area contributed by atoms with Crippen molar-refractivity contribution in [2.75, 3.05) is 13.7 Å². The number of rotatable bonds is 8. The van der Waals surface area contributed by atoms with Crippen LogP contribution < -0.4 is 4.72 Å². The molecule has 0 saturated carbocycles. The number of carbonyl (C=O) groups is 1. The van der Waals surface area contributed by atoms with E-state index in [0.717, 1.165) is 12.8 Å². The molecule has 1 aromatic carbocycles. The molecule has 27 heavy (non-hydrogen) atoms. The maximum atomic E-state index is 11.9. The summed E-state index contributed by atoms with van der Waals surface area (Å²) in [5, 5.41) is 9.14. The molecule has 7 nitrogen and oxygen atoms in total. The Labute approximate surface area is 158 Å². The van der Waals surface area contributed by atoms with Gasteiger partial charge >= 0.3 is 5.97 Å². The topological polar surface area (TPSA) is 109 Å². The summed E-state index contributed by atoms with van der Waals surface area (Å²) in [6.45, 7) is 2.24. The average molecular weight is 388 g/mol. The number of carbonyl (C=O) groups excluding carboxylic acids is 1. The number of sulfonamides is 1. The van der Waals surface area contributed by atoms with Crippen molar-refractivity contribution < 1.29 is 22.4 Å². The molecule has 8 heteroatoms. The number of furan rings is 1. The van der Waals surface area contributed by atoms with Crippen molar-refractivity contribution in [1.82, 2.24) is 4.72 Å². The molecule has 1 aromatic heterocycles. The molecule has 0 aliphatic heterocycles. The minimum atomic E-state index is -3.51. The van der Waals surface area contributed by atoms with E-state index in [9.17, 15) is 13.2 Å². The van der Waals surface area contributed by atoms with Gasteiger partial charge in [0.1, 0.15) is 23.2 Å². The van der Waals surface area contributed by atoms with E-state index in [-0.39, 0.29) is 17.1 Å². The first kappa shape index (κ1) is 20.4. The Morgan fingerprint density at radius 3 is 2.56 bits per heavy atom. The SMILES string of the molecule is CCCCOC(=O)/C(C#N)=C/c1ccc(-c2ccc(S(=O)(=O)NC)cc2)o1. The summed E-state index contributed by atoms with van der Waals surface area (Å²) in [6, 6.07) is 11.2. The van der Waals surface area contributed by atoms with E-state index in [1.54, 1.807) is 24.3 Å². The Bertz CT molecular complexity index is 966. The lowest BCUT2D eigenvalue weighted by Crippen LogP contribution is -2.18. The molecule has 0 radical (unpaired) electrons. The predicted octanol–water partition coefficient (Wildman–Crippen LogP) is 3.10. The molecule has 0 atom stereocenters. The van der Waals surface area contributed by atoms with Gasteiger partial charge in [0.25, 0.3) is 0 Å². The summed E-state index contributed by atoms with van der Waals surface area (Å²) >= 11 is 0. The molecule has 2 rings (SSSR count). The lowest BCUT2D eigenvalue weighted by molar-refractivity contribution is -0.138. The van der Waals surface area contributed by atoms with Crippen LogP contribution in [0.4, 0.5) is 0 Å². The quantitative estimate of drug-likeness (QED) is 0.322. The molecular weight excluding hydrogens is 368 g/mol. The highest BCUT2D eigenvalue weighted by molar-refractivity contribution is 7.89. The van der Waals surface area contributed by atoms with Gasteiger partial charge in [-0.1, -0.05) is 13.3 Å². The van der Waals surface area contributed by atoms with Crippen molar-refractivity contribution >= 4 is 22.1 Å². The largest absolute Gasteiger partial charge is 0.462 e. The van der Waals surface area contributed by atoms with Gasteiger partial charge in [0.15, 0.2) is 0 Å². The average Bonchev–Trinajstić information content (AvgIpc) is 3.15. The van der Waals surface area contributed by atoms with Gasteiger partial charge < -0.3 is 9.15 Å². The summed E-state index contributed by atoms with van der Waals surface area (Å²) in [7, 11) is -2.17. The molecular formula is C19H20N2O5S. The first-order chi connectivity index (χ1) is 12.9. The maximum Gasteiger partial charge on any atom is 0.349 e.